The molecule has 1 radical (unpaired) electrons. The molecule has 1 heterocycles. The van der Waals surface area contributed by atoms with Crippen LogP contribution in [-0.2, 0) is 39.0 Å². The fourth-order valence-electron chi connectivity index (χ4n) is 5.95. The van der Waals surface area contributed by atoms with E-state index < -0.39 is 0 Å². The number of nitrogens with one attached hydrogen (secondary N) is 1. The zero-order valence-corrected chi connectivity index (χ0v) is 31.5. The number of phenols is 2. The molecule has 50 heavy (non-hydrogen) atoms. The first-order valence-electron chi connectivity index (χ1n) is 16.9. The van der Waals surface area contributed by atoms with Gasteiger partial charge in [0, 0.05) is 10.8 Å². The summed E-state index contributed by atoms with van der Waals surface area (Å²) in [5.74, 6) is 1.04. The van der Waals surface area contributed by atoms with Gasteiger partial charge in [0.15, 0.2) is 0 Å². The van der Waals surface area contributed by atoms with Crippen molar-refractivity contribution < 1.29 is 36.4 Å². The van der Waals surface area contributed by atoms with E-state index in [2.05, 4.69) is 74.0 Å². The monoisotopic (exact) mass is 736 g/mol. The van der Waals surface area contributed by atoms with Crippen molar-refractivity contribution in [1.82, 2.24) is 9.88 Å². The Hall–Kier alpha value is -4.70. The first-order chi connectivity index (χ1) is 23.8. The molecule has 3 N–H and O–H groups in total. The molecule has 0 bridgehead atoms. The van der Waals surface area contributed by atoms with Gasteiger partial charge in [-0.2, -0.15) is 49.2 Å². The summed E-state index contributed by atoms with van der Waals surface area (Å²) in [6.07, 6.45) is 1.48. The van der Waals surface area contributed by atoms with E-state index in [1.54, 1.807) is 0 Å². The fourth-order valence-corrected chi connectivity index (χ4v) is 5.95. The Labute approximate surface area is 316 Å². The molecule has 0 unspecified atom stereocenters. The van der Waals surface area contributed by atoms with Crippen LogP contribution in [0.25, 0.3) is 27.5 Å². The van der Waals surface area contributed by atoms with E-state index in [9.17, 15) is 10.2 Å². The van der Waals surface area contributed by atoms with Gasteiger partial charge in [-0.1, -0.05) is 92.7 Å². The van der Waals surface area contributed by atoms with Crippen molar-refractivity contribution in [2.75, 3.05) is 13.1 Å². The van der Waals surface area contributed by atoms with Gasteiger partial charge in [0.25, 0.3) is 0 Å². The molecule has 0 atom stereocenters. The average molecular weight is 738 g/mol. The molecule has 1 aromatic heterocycles. The van der Waals surface area contributed by atoms with Gasteiger partial charge < -0.3 is 20.1 Å². The minimum Gasteiger partial charge on any atom is -0.507 e. The van der Waals surface area contributed by atoms with Gasteiger partial charge in [-0.15, -0.1) is 24.3 Å². The van der Waals surface area contributed by atoms with Crippen molar-refractivity contribution in [2.24, 2.45) is 0 Å². The molecule has 0 aliphatic carbocycles. The summed E-state index contributed by atoms with van der Waals surface area (Å²) in [4.78, 5) is 0. The number of fused-ring (bicyclic) bond motifs is 3. The van der Waals surface area contributed by atoms with Gasteiger partial charge in [-0.25, -0.2) is 0 Å². The van der Waals surface area contributed by atoms with Crippen LogP contribution in [0.2, 0.25) is 0 Å². The van der Waals surface area contributed by atoms with Gasteiger partial charge in [0.2, 0.25) is 0 Å². The SMILES string of the molecule is CC(C)c1cccc(CCNCCc2cccc(-n3c4ccccc4c4ccccc43)c2O)c1O.[CH2-]c1ccccc1.[CH2-]c1ccccc1.[Zr+3]. The first kappa shape index (κ1) is 38.1. The molecule has 7 aromatic rings. The summed E-state index contributed by atoms with van der Waals surface area (Å²) >= 11 is 0. The molecule has 0 fully saturated rings. The van der Waals surface area contributed by atoms with Crippen molar-refractivity contribution in [3.05, 3.63) is 187 Å². The Balaban J connectivity index is 0.000000310. The van der Waals surface area contributed by atoms with Crippen LogP contribution in [0.4, 0.5) is 0 Å². The molecule has 6 aromatic carbocycles. The van der Waals surface area contributed by atoms with Crippen molar-refractivity contribution in [3.63, 3.8) is 0 Å². The third kappa shape index (κ3) is 9.72. The second kappa shape index (κ2) is 18.9. The predicted molar refractivity (Wildman–Crippen MR) is 207 cm³/mol. The smallest absolute Gasteiger partial charge is 0.507 e. The predicted octanol–water partition coefficient (Wildman–Crippen LogP) is 10.4. The van der Waals surface area contributed by atoms with Crippen molar-refractivity contribution >= 4 is 21.8 Å². The largest absolute Gasteiger partial charge is 3.00 e. The second-order valence-electron chi connectivity index (χ2n) is 12.4. The molecular formula is C45H46N2O2Zr+. The topological polar surface area (TPSA) is 57.4 Å². The summed E-state index contributed by atoms with van der Waals surface area (Å²) in [5.41, 5.74) is 8.00. The Morgan fingerprint density at radius 1 is 0.540 bits per heavy atom. The molecule has 7 rings (SSSR count). The molecule has 0 saturated heterocycles. The van der Waals surface area contributed by atoms with Crippen LogP contribution in [0, 0.1) is 13.8 Å². The summed E-state index contributed by atoms with van der Waals surface area (Å²) in [5, 5.41) is 27.6. The maximum absolute atomic E-state index is 11.3. The van der Waals surface area contributed by atoms with Crippen LogP contribution < -0.4 is 5.32 Å². The zero-order chi connectivity index (χ0) is 34.6. The number of hydrogen-bond acceptors (Lipinski definition) is 3. The minimum atomic E-state index is 0. The third-order valence-corrected chi connectivity index (χ3v) is 8.52. The fraction of sp³-hybridized carbons (Fsp3) is 0.156. The number of aromatic nitrogens is 1. The van der Waals surface area contributed by atoms with Gasteiger partial charge in [-0.3, -0.25) is 0 Å². The number of rotatable bonds is 8. The van der Waals surface area contributed by atoms with Crippen LogP contribution in [0.5, 0.6) is 11.5 Å². The van der Waals surface area contributed by atoms with E-state index in [1.807, 2.05) is 109 Å². The molecular weight excluding hydrogens is 692 g/mol. The number of benzene rings is 6. The zero-order valence-electron chi connectivity index (χ0n) is 29.0. The standard InChI is InChI=1S/C31H32N2O2.2C7H7.Zr/c1-21(2)24-13-7-9-22(30(24)34)17-19-32-20-18-23-10-8-16-29(31(23)35)33-27-14-5-3-11-25(27)26-12-4-6-15-28(26)33;2*1-7-5-3-2-4-6-7;/h3-16,21,32,34-35H,17-20H2,1-2H3;2*2-6H,1H2;/q;2*-1;+3. The van der Waals surface area contributed by atoms with E-state index in [4.69, 9.17) is 0 Å². The third-order valence-electron chi connectivity index (χ3n) is 8.52. The maximum atomic E-state index is 11.3. The molecule has 5 heteroatoms. The van der Waals surface area contributed by atoms with E-state index in [0.717, 1.165) is 70.5 Å². The molecule has 0 aliphatic rings. The van der Waals surface area contributed by atoms with E-state index in [1.165, 1.54) is 10.8 Å². The molecule has 0 spiro atoms. The van der Waals surface area contributed by atoms with Crippen molar-refractivity contribution in [1.29, 1.82) is 0 Å². The second-order valence-corrected chi connectivity index (χ2v) is 12.4. The Morgan fingerprint density at radius 3 is 1.44 bits per heavy atom. The Bertz CT molecular complexity index is 1980. The average Bonchev–Trinajstić information content (AvgIpc) is 3.45. The summed E-state index contributed by atoms with van der Waals surface area (Å²) in [6, 6.07) is 48.4. The van der Waals surface area contributed by atoms with E-state index in [0.29, 0.717) is 17.4 Å². The van der Waals surface area contributed by atoms with Gasteiger partial charge in [0.1, 0.15) is 11.5 Å². The molecule has 4 nitrogen and oxygen atoms in total. The van der Waals surface area contributed by atoms with Crippen LogP contribution in [-0.4, -0.2) is 27.9 Å². The van der Waals surface area contributed by atoms with Crippen LogP contribution in [0.15, 0.2) is 146 Å². The van der Waals surface area contributed by atoms with E-state index >= 15 is 0 Å². The number of para-hydroxylation sites is 4. The van der Waals surface area contributed by atoms with Crippen LogP contribution >= 0.6 is 0 Å². The number of aromatic hydroxyl groups is 2. The number of hydrogen-bond donors (Lipinski definition) is 3. The van der Waals surface area contributed by atoms with Gasteiger partial charge in [0.05, 0.1) is 16.7 Å². The summed E-state index contributed by atoms with van der Waals surface area (Å²) in [6.45, 7) is 13.1. The normalized spacial score (nSPS) is 10.5. The first-order valence-corrected chi connectivity index (χ1v) is 16.9. The van der Waals surface area contributed by atoms with Gasteiger partial charge >= 0.3 is 26.2 Å². The Kier molecular flexibility index (Phi) is 14.4. The Morgan fingerprint density at radius 2 is 0.980 bits per heavy atom. The van der Waals surface area contributed by atoms with Crippen LogP contribution in [0.3, 0.4) is 0 Å². The van der Waals surface area contributed by atoms with Crippen molar-refractivity contribution in [2.45, 2.75) is 32.6 Å². The summed E-state index contributed by atoms with van der Waals surface area (Å²) < 4.78 is 2.15. The molecule has 0 saturated carbocycles. The number of phenolic OH excluding ortho intramolecular Hbond substituents is 2. The number of nitrogens with zero attached hydrogens (tertiary/aromatic N) is 1. The maximum Gasteiger partial charge on any atom is 3.00 e. The quantitative estimate of drug-likeness (QED) is 0.108. The van der Waals surface area contributed by atoms with Gasteiger partial charge in [-0.05, 0) is 66.7 Å². The van der Waals surface area contributed by atoms with E-state index in [-0.39, 0.29) is 26.2 Å². The minimum absolute atomic E-state index is 0. The molecule has 0 amide bonds. The van der Waals surface area contributed by atoms with Crippen molar-refractivity contribution in [3.8, 4) is 17.2 Å². The van der Waals surface area contributed by atoms with Crippen LogP contribution in [0.1, 0.15) is 47.6 Å². The molecule has 0 aliphatic heterocycles. The summed E-state index contributed by atoms with van der Waals surface area (Å²) in [7, 11) is 0. The molecule has 251 valence electrons.